The SMILES string of the molecule is COc1cc(C=Nn2c(-c3ccccc3)nc3ccccc3c2=O)cc(Br)c1OCc1ccc2c(c1)OCO2. The number of aromatic nitrogens is 2. The minimum absolute atomic E-state index is 0.219. The number of nitrogens with zero attached hydrogens (tertiary/aromatic N) is 3. The normalized spacial score (nSPS) is 12.3. The molecule has 1 aliphatic heterocycles. The maximum absolute atomic E-state index is 13.4. The van der Waals surface area contributed by atoms with Crippen molar-refractivity contribution in [3.63, 3.8) is 0 Å². The zero-order valence-corrected chi connectivity index (χ0v) is 22.4. The molecule has 0 amide bonds. The Kier molecular flexibility index (Phi) is 6.73. The Bertz CT molecular complexity index is 1770. The number of ether oxygens (including phenoxy) is 4. The third-order valence-electron chi connectivity index (χ3n) is 6.18. The molecule has 6 rings (SSSR count). The summed E-state index contributed by atoms with van der Waals surface area (Å²) >= 11 is 3.59. The number of hydrogen-bond donors (Lipinski definition) is 0. The summed E-state index contributed by atoms with van der Waals surface area (Å²) in [5.74, 6) is 2.92. The Hall–Kier alpha value is -4.63. The molecule has 4 aromatic carbocycles. The molecule has 0 N–H and O–H groups in total. The van der Waals surface area contributed by atoms with E-state index in [1.54, 1.807) is 25.5 Å². The van der Waals surface area contributed by atoms with Gasteiger partial charge in [-0.1, -0.05) is 48.5 Å². The summed E-state index contributed by atoms with van der Waals surface area (Å²) < 4.78 is 24.5. The first kappa shape index (κ1) is 24.7. The first-order chi connectivity index (χ1) is 19.1. The molecular formula is C30H22BrN3O5. The molecule has 0 fully saturated rings. The van der Waals surface area contributed by atoms with E-state index in [1.807, 2.05) is 72.8 Å². The molecule has 0 atom stereocenters. The van der Waals surface area contributed by atoms with Crippen molar-refractivity contribution in [1.82, 2.24) is 9.66 Å². The topological polar surface area (TPSA) is 84.2 Å². The van der Waals surface area contributed by atoms with Gasteiger partial charge in [-0.25, -0.2) is 4.98 Å². The lowest BCUT2D eigenvalue weighted by atomic mass is 10.2. The molecular weight excluding hydrogens is 562 g/mol. The number of rotatable bonds is 7. The maximum Gasteiger partial charge on any atom is 0.282 e. The van der Waals surface area contributed by atoms with Gasteiger partial charge in [-0.3, -0.25) is 4.79 Å². The zero-order valence-electron chi connectivity index (χ0n) is 20.8. The molecule has 0 bridgehead atoms. The van der Waals surface area contributed by atoms with E-state index in [-0.39, 0.29) is 12.4 Å². The van der Waals surface area contributed by atoms with Crippen LogP contribution in [0.2, 0.25) is 0 Å². The molecule has 8 nitrogen and oxygen atoms in total. The first-order valence-corrected chi connectivity index (χ1v) is 12.9. The van der Waals surface area contributed by atoms with Gasteiger partial charge in [0.1, 0.15) is 6.61 Å². The summed E-state index contributed by atoms with van der Waals surface area (Å²) in [5, 5.41) is 5.04. The average Bonchev–Trinajstić information content (AvgIpc) is 3.44. The molecule has 0 aliphatic carbocycles. The highest BCUT2D eigenvalue weighted by molar-refractivity contribution is 9.10. The van der Waals surface area contributed by atoms with Crippen LogP contribution in [0.1, 0.15) is 11.1 Å². The van der Waals surface area contributed by atoms with Crippen molar-refractivity contribution in [2.75, 3.05) is 13.9 Å². The predicted molar refractivity (Wildman–Crippen MR) is 152 cm³/mol. The van der Waals surface area contributed by atoms with E-state index in [2.05, 4.69) is 21.0 Å². The molecule has 194 valence electrons. The third kappa shape index (κ3) is 4.96. The summed E-state index contributed by atoms with van der Waals surface area (Å²) in [6.45, 7) is 0.522. The Morgan fingerprint density at radius 1 is 1.00 bits per heavy atom. The summed E-state index contributed by atoms with van der Waals surface area (Å²) in [7, 11) is 1.57. The fourth-order valence-corrected chi connectivity index (χ4v) is 4.84. The van der Waals surface area contributed by atoms with Gasteiger partial charge in [0.05, 0.1) is 28.7 Å². The molecule has 0 spiro atoms. The lowest BCUT2D eigenvalue weighted by molar-refractivity contribution is 0.174. The van der Waals surface area contributed by atoms with E-state index >= 15 is 0 Å². The van der Waals surface area contributed by atoms with Crippen molar-refractivity contribution in [2.24, 2.45) is 5.10 Å². The number of hydrogen-bond acceptors (Lipinski definition) is 7. The minimum Gasteiger partial charge on any atom is -0.493 e. The van der Waals surface area contributed by atoms with Gasteiger partial charge in [0.2, 0.25) is 6.79 Å². The molecule has 5 aromatic rings. The highest BCUT2D eigenvalue weighted by atomic mass is 79.9. The van der Waals surface area contributed by atoms with E-state index in [9.17, 15) is 4.79 Å². The van der Waals surface area contributed by atoms with Crippen LogP contribution in [0.25, 0.3) is 22.3 Å². The Morgan fingerprint density at radius 2 is 1.79 bits per heavy atom. The second-order valence-electron chi connectivity index (χ2n) is 8.69. The van der Waals surface area contributed by atoms with Gasteiger partial charge in [-0.05, 0) is 63.5 Å². The second kappa shape index (κ2) is 10.6. The number of methoxy groups -OCH3 is 1. The fourth-order valence-electron chi connectivity index (χ4n) is 4.27. The van der Waals surface area contributed by atoms with Gasteiger partial charge in [0, 0.05) is 5.56 Å². The predicted octanol–water partition coefficient (Wildman–Crippen LogP) is 6.02. The van der Waals surface area contributed by atoms with Gasteiger partial charge in [-0.15, -0.1) is 0 Å². The molecule has 39 heavy (non-hydrogen) atoms. The highest BCUT2D eigenvalue weighted by Crippen LogP contribution is 2.38. The maximum atomic E-state index is 13.4. The molecule has 0 saturated heterocycles. The Balaban J connectivity index is 1.33. The number of fused-ring (bicyclic) bond motifs is 2. The van der Waals surface area contributed by atoms with E-state index in [4.69, 9.17) is 23.9 Å². The van der Waals surface area contributed by atoms with Crippen molar-refractivity contribution < 1.29 is 18.9 Å². The van der Waals surface area contributed by atoms with Gasteiger partial charge in [-0.2, -0.15) is 9.78 Å². The van der Waals surface area contributed by atoms with Gasteiger partial charge in [0.25, 0.3) is 5.56 Å². The fraction of sp³-hybridized carbons (Fsp3) is 0.100. The van der Waals surface area contributed by atoms with Crippen LogP contribution in [0.15, 0.2) is 99.3 Å². The van der Waals surface area contributed by atoms with E-state index in [1.165, 1.54) is 4.68 Å². The smallest absolute Gasteiger partial charge is 0.282 e. The summed E-state index contributed by atoms with van der Waals surface area (Å²) in [4.78, 5) is 18.2. The Morgan fingerprint density at radius 3 is 2.64 bits per heavy atom. The highest BCUT2D eigenvalue weighted by Gasteiger charge is 2.16. The molecule has 0 unspecified atom stereocenters. The van der Waals surface area contributed by atoms with E-state index < -0.39 is 0 Å². The van der Waals surface area contributed by atoms with Crippen LogP contribution < -0.4 is 24.5 Å². The van der Waals surface area contributed by atoms with Crippen molar-refractivity contribution >= 4 is 33.0 Å². The van der Waals surface area contributed by atoms with Crippen LogP contribution in [0.3, 0.4) is 0 Å². The van der Waals surface area contributed by atoms with Gasteiger partial charge in [0.15, 0.2) is 28.8 Å². The van der Waals surface area contributed by atoms with E-state index in [0.717, 1.165) is 16.9 Å². The molecule has 2 heterocycles. The molecule has 9 heteroatoms. The van der Waals surface area contributed by atoms with Crippen LogP contribution in [-0.2, 0) is 6.61 Å². The molecule has 1 aliphatic rings. The quantitative estimate of drug-likeness (QED) is 0.218. The lowest BCUT2D eigenvalue weighted by Crippen LogP contribution is -2.20. The van der Waals surface area contributed by atoms with Crippen molar-refractivity contribution in [3.05, 3.63) is 111 Å². The minimum atomic E-state index is -0.259. The number of benzene rings is 4. The lowest BCUT2D eigenvalue weighted by Gasteiger charge is -2.14. The first-order valence-electron chi connectivity index (χ1n) is 12.1. The van der Waals surface area contributed by atoms with Crippen molar-refractivity contribution in [2.45, 2.75) is 6.61 Å². The van der Waals surface area contributed by atoms with Crippen LogP contribution in [0.4, 0.5) is 0 Å². The van der Waals surface area contributed by atoms with Crippen LogP contribution in [0, 0.1) is 0 Å². The number of halogens is 1. The molecule has 0 saturated carbocycles. The van der Waals surface area contributed by atoms with Gasteiger partial charge >= 0.3 is 0 Å². The molecule has 0 radical (unpaired) electrons. The van der Waals surface area contributed by atoms with Crippen molar-refractivity contribution in [3.8, 4) is 34.4 Å². The second-order valence-corrected chi connectivity index (χ2v) is 9.54. The standard InChI is InChI=1S/C30H22BrN3O5/c1-36-27-15-20(13-23(31)28(27)37-17-19-11-12-25-26(14-19)39-18-38-25)16-32-34-29(21-7-3-2-4-8-21)33-24-10-6-5-9-22(24)30(34)35/h2-16H,17-18H2,1H3. The third-order valence-corrected chi connectivity index (χ3v) is 6.77. The monoisotopic (exact) mass is 583 g/mol. The van der Waals surface area contributed by atoms with Crippen LogP contribution in [-0.4, -0.2) is 29.8 Å². The number of para-hydroxylation sites is 1. The summed E-state index contributed by atoms with van der Waals surface area (Å²) in [6, 6.07) is 26.1. The zero-order chi connectivity index (χ0) is 26.8. The summed E-state index contributed by atoms with van der Waals surface area (Å²) in [5.41, 5.74) is 2.76. The molecule has 1 aromatic heterocycles. The summed E-state index contributed by atoms with van der Waals surface area (Å²) in [6.07, 6.45) is 1.60. The van der Waals surface area contributed by atoms with Gasteiger partial charge < -0.3 is 18.9 Å². The van der Waals surface area contributed by atoms with Crippen LogP contribution in [0.5, 0.6) is 23.0 Å². The Labute approximate surface area is 232 Å². The van der Waals surface area contributed by atoms with Crippen molar-refractivity contribution in [1.29, 1.82) is 0 Å². The van der Waals surface area contributed by atoms with Crippen LogP contribution >= 0.6 is 15.9 Å². The largest absolute Gasteiger partial charge is 0.493 e. The van der Waals surface area contributed by atoms with E-state index in [0.29, 0.717) is 50.6 Å². The average molecular weight is 584 g/mol.